The molecule has 1 aliphatic carbocycles. The number of hydrogen-bond acceptors (Lipinski definition) is 6. The number of rotatable bonds is 12. The molecule has 0 heterocycles. The zero-order valence-electron chi connectivity index (χ0n) is 16.6. The van der Waals surface area contributed by atoms with Crippen molar-refractivity contribution in [3.63, 3.8) is 0 Å². The van der Waals surface area contributed by atoms with Crippen molar-refractivity contribution in [3.8, 4) is 0 Å². The quantitative estimate of drug-likeness (QED) is 0.222. The highest BCUT2D eigenvalue weighted by Crippen LogP contribution is 2.25. The van der Waals surface area contributed by atoms with Crippen molar-refractivity contribution in [3.05, 3.63) is 11.6 Å². The summed E-state index contributed by atoms with van der Waals surface area (Å²) in [6.45, 7) is 6.37. The monoisotopic (exact) mass is 384 g/mol. The Labute approximate surface area is 157 Å². The summed E-state index contributed by atoms with van der Waals surface area (Å²) in [6.07, 6.45) is 5.77. The van der Waals surface area contributed by atoms with Crippen LogP contribution in [0.2, 0.25) is 19.6 Å². The summed E-state index contributed by atoms with van der Waals surface area (Å²) in [5, 5.41) is 0. The Bertz CT molecular complexity index is 535. The molecule has 0 amide bonds. The Morgan fingerprint density at radius 3 is 2.38 bits per heavy atom. The lowest BCUT2D eigenvalue weighted by molar-refractivity contribution is -0.157. The molecule has 26 heavy (non-hydrogen) atoms. The standard InChI is InChI=1S/C19H32O6Si/c1-23-18(19(22)24-2)16(20)11-9-7-6-8-10-14-12-15(13-17(14)21)25-26(3,4)5/h12,15,18H,6-11,13H2,1-5H3. The lowest BCUT2D eigenvalue weighted by Crippen LogP contribution is -2.32. The zero-order chi connectivity index (χ0) is 19.7. The van der Waals surface area contributed by atoms with E-state index in [1.54, 1.807) is 0 Å². The third-order valence-electron chi connectivity index (χ3n) is 4.20. The fourth-order valence-corrected chi connectivity index (χ4v) is 4.07. The molecule has 0 saturated carbocycles. The first-order chi connectivity index (χ1) is 12.2. The Kier molecular flexibility index (Phi) is 9.39. The van der Waals surface area contributed by atoms with Gasteiger partial charge in [0.15, 0.2) is 19.9 Å². The first-order valence-electron chi connectivity index (χ1n) is 9.23. The van der Waals surface area contributed by atoms with Gasteiger partial charge < -0.3 is 13.9 Å². The number of ketones is 2. The number of unbranched alkanes of at least 4 members (excludes halogenated alkanes) is 3. The normalized spacial score (nSPS) is 18.6. The van der Waals surface area contributed by atoms with Crippen molar-refractivity contribution >= 4 is 25.9 Å². The molecule has 7 heteroatoms. The van der Waals surface area contributed by atoms with Gasteiger partial charge in [0, 0.05) is 20.0 Å². The van der Waals surface area contributed by atoms with Crippen molar-refractivity contribution in [1.29, 1.82) is 0 Å². The molecule has 6 nitrogen and oxygen atoms in total. The van der Waals surface area contributed by atoms with Gasteiger partial charge in [-0.05, 0) is 50.6 Å². The van der Waals surface area contributed by atoms with E-state index in [4.69, 9.17) is 9.16 Å². The van der Waals surface area contributed by atoms with Crippen molar-refractivity contribution in [2.75, 3.05) is 14.2 Å². The van der Waals surface area contributed by atoms with Crippen LogP contribution in [0, 0.1) is 0 Å². The lowest BCUT2D eigenvalue weighted by atomic mass is 10.0. The van der Waals surface area contributed by atoms with Gasteiger partial charge in [0.2, 0.25) is 6.10 Å². The molecule has 0 aliphatic heterocycles. The smallest absolute Gasteiger partial charge is 0.342 e. The number of carbonyl (C=O) groups is 3. The number of Topliss-reactive ketones (excluding diaryl/α,β-unsaturated/α-hetero) is 2. The van der Waals surface area contributed by atoms with Crippen molar-refractivity contribution < 1.29 is 28.3 Å². The molecule has 0 aromatic heterocycles. The maximum atomic E-state index is 12.0. The van der Waals surface area contributed by atoms with Crippen LogP contribution in [-0.2, 0) is 28.3 Å². The van der Waals surface area contributed by atoms with E-state index >= 15 is 0 Å². The fraction of sp³-hybridized carbons (Fsp3) is 0.737. The second-order valence-corrected chi connectivity index (χ2v) is 12.1. The minimum atomic E-state index is -1.64. The van der Waals surface area contributed by atoms with Crippen molar-refractivity contribution in [2.45, 2.75) is 76.8 Å². The first-order valence-corrected chi connectivity index (χ1v) is 12.6. The number of hydrogen-bond donors (Lipinski definition) is 0. The van der Waals surface area contributed by atoms with Crippen molar-refractivity contribution in [2.24, 2.45) is 0 Å². The van der Waals surface area contributed by atoms with Crippen LogP contribution in [0.15, 0.2) is 11.6 Å². The lowest BCUT2D eigenvalue weighted by Gasteiger charge is -2.21. The first kappa shape index (κ1) is 22.7. The van der Waals surface area contributed by atoms with Gasteiger partial charge in [0.1, 0.15) is 0 Å². The Morgan fingerprint density at radius 1 is 1.15 bits per heavy atom. The van der Waals surface area contributed by atoms with E-state index in [1.807, 2.05) is 6.08 Å². The van der Waals surface area contributed by atoms with E-state index in [2.05, 4.69) is 24.4 Å². The summed E-state index contributed by atoms with van der Waals surface area (Å²) < 4.78 is 15.4. The van der Waals surface area contributed by atoms with E-state index in [-0.39, 0.29) is 17.7 Å². The molecule has 1 aliphatic rings. The average Bonchev–Trinajstić information content (AvgIpc) is 2.88. The summed E-state index contributed by atoms with van der Waals surface area (Å²) >= 11 is 0. The van der Waals surface area contributed by atoms with Gasteiger partial charge >= 0.3 is 5.97 Å². The van der Waals surface area contributed by atoms with Gasteiger partial charge in [-0.3, -0.25) is 9.59 Å². The van der Waals surface area contributed by atoms with E-state index in [1.165, 1.54) is 14.2 Å². The maximum Gasteiger partial charge on any atom is 0.342 e. The van der Waals surface area contributed by atoms with Crippen LogP contribution in [0.3, 0.4) is 0 Å². The second kappa shape index (κ2) is 10.7. The summed E-state index contributed by atoms with van der Waals surface area (Å²) in [7, 11) is 0.924. The van der Waals surface area contributed by atoms with E-state index in [9.17, 15) is 14.4 Å². The molecule has 0 fully saturated rings. The molecule has 2 unspecified atom stereocenters. The molecular formula is C19H32O6Si. The predicted octanol–water partition coefficient (Wildman–Crippen LogP) is 3.20. The Hall–Kier alpha value is -1.31. The van der Waals surface area contributed by atoms with Gasteiger partial charge in [0.25, 0.3) is 0 Å². The molecule has 0 saturated heterocycles. The van der Waals surface area contributed by atoms with Crippen LogP contribution >= 0.6 is 0 Å². The van der Waals surface area contributed by atoms with Crippen LogP contribution in [-0.4, -0.2) is 52.3 Å². The highest BCUT2D eigenvalue weighted by Gasteiger charge is 2.28. The molecule has 148 valence electrons. The van der Waals surface area contributed by atoms with Crippen LogP contribution in [0.25, 0.3) is 0 Å². The van der Waals surface area contributed by atoms with Crippen LogP contribution in [0.1, 0.15) is 44.9 Å². The van der Waals surface area contributed by atoms with Crippen LogP contribution in [0.4, 0.5) is 0 Å². The Balaban J connectivity index is 2.24. The fourth-order valence-electron chi connectivity index (χ4n) is 3.01. The molecular weight excluding hydrogens is 352 g/mol. The number of ether oxygens (including phenoxy) is 2. The van der Waals surface area contributed by atoms with E-state index in [0.717, 1.165) is 31.3 Å². The second-order valence-electron chi connectivity index (χ2n) is 7.61. The van der Waals surface area contributed by atoms with Gasteiger partial charge in [-0.2, -0.15) is 0 Å². The highest BCUT2D eigenvalue weighted by atomic mass is 28.4. The minimum Gasteiger partial charge on any atom is -0.467 e. The summed E-state index contributed by atoms with van der Waals surface area (Å²) in [5.74, 6) is -0.705. The Morgan fingerprint density at radius 2 is 1.81 bits per heavy atom. The summed E-state index contributed by atoms with van der Waals surface area (Å²) in [6, 6.07) is 0. The number of allylic oxidation sites excluding steroid dienone is 1. The number of esters is 1. The topological polar surface area (TPSA) is 78.9 Å². The summed E-state index contributed by atoms with van der Waals surface area (Å²) in [5.41, 5.74) is 0.884. The van der Waals surface area contributed by atoms with Crippen LogP contribution < -0.4 is 0 Å². The molecule has 0 bridgehead atoms. The highest BCUT2D eigenvalue weighted by molar-refractivity contribution is 6.69. The largest absolute Gasteiger partial charge is 0.467 e. The molecule has 0 spiro atoms. The van der Waals surface area contributed by atoms with E-state index < -0.39 is 20.4 Å². The van der Waals surface area contributed by atoms with Crippen molar-refractivity contribution in [1.82, 2.24) is 0 Å². The molecule has 2 atom stereocenters. The predicted molar refractivity (Wildman–Crippen MR) is 101 cm³/mol. The van der Waals surface area contributed by atoms with Gasteiger partial charge in [-0.25, -0.2) is 4.79 Å². The maximum absolute atomic E-state index is 12.0. The average molecular weight is 385 g/mol. The number of carbonyl (C=O) groups excluding carboxylic acids is 3. The molecule has 0 N–H and O–H groups in total. The number of methoxy groups -OCH3 is 2. The molecule has 0 aromatic rings. The summed E-state index contributed by atoms with van der Waals surface area (Å²) in [4.78, 5) is 35.4. The van der Waals surface area contributed by atoms with Gasteiger partial charge in [0.05, 0.1) is 13.2 Å². The zero-order valence-corrected chi connectivity index (χ0v) is 17.6. The third kappa shape index (κ3) is 7.93. The van der Waals surface area contributed by atoms with Gasteiger partial charge in [-0.15, -0.1) is 0 Å². The third-order valence-corrected chi connectivity index (χ3v) is 5.21. The minimum absolute atomic E-state index is 0.0499. The SMILES string of the molecule is COC(=O)C(OC)C(=O)CCCCCCC1=CC(O[Si](C)(C)C)CC1=O. The molecule has 0 radical (unpaired) electrons. The molecule has 0 aromatic carbocycles. The van der Waals surface area contributed by atoms with Gasteiger partial charge in [-0.1, -0.05) is 12.8 Å². The van der Waals surface area contributed by atoms with E-state index in [0.29, 0.717) is 19.3 Å². The molecule has 1 rings (SSSR count). The van der Waals surface area contributed by atoms with Crippen LogP contribution in [0.5, 0.6) is 0 Å².